The maximum Gasteiger partial charge on any atom is 0.425 e. The minimum Gasteiger partial charge on any atom is -0.443 e. The summed E-state index contributed by atoms with van der Waals surface area (Å²) >= 11 is 0. The lowest BCUT2D eigenvalue weighted by atomic mass is 10.2. The lowest BCUT2D eigenvalue weighted by Gasteiger charge is -2.27. The van der Waals surface area contributed by atoms with Gasteiger partial charge in [-0.1, -0.05) is 0 Å². The largest absolute Gasteiger partial charge is 0.443 e. The summed E-state index contributed by atoms with van der Waals surface area (Å²) in [5.74, 6) is -0.0868. The molecule has 28 heavy (non-hydrogen) atoms. The number of nitrogens with zero attached hydrogens (tertiary/aromatic N) is 3. The van der Waals surface area contributed by atoms with E-state index in [1.165, 1.54) is 12.4 Å². The van der Waals surface area contributed by atoms with Crippen molar-refractivity contribution in [3.8, 4) is 0 Å². The molecule has 0 aromatic carbocycles. The fraction of sp³-hybridized carbons (Fsp3) is 0.647. The molecular weight excluding hydrogens is 390 g/mol. The van der Waals surface area contributed by atoms with Crippen LogP contribution in [0.15, 0.2) is 12.4 Å². The molecule has 0 atom stereocenters. The van der Waals surface area contributed by atoms with Crippen LogP contribution >= 0.6 is 0 Å². The molecule has 0 fully saturated rings. The topological polar surface area (TPSA) is 125 Å². The van der Waals surface area contributed by atoms with E-state index in [0.29, 0.717) is 10.6 Å². The van der Waals surface area contributed by atoms with E-state index in [1.807, 2.05) is 0 Å². The Labute approximate surface area is 165 Å². The predicted molar refractivity (Wildman–Crippen MR) is 101 cm³/mol. The van der Waals surface area contributed by atoms with Crippen LogP contribution in [-0.2, 0) is 30.2 Å². The van der Waals surface area contributed by atoms with Crippen molar-refractivity contribution >= 4 is 28.1 Å². The number of ether oxygens (including phenoxy) is 2. The molecule has 0 aliphatic carbocycles. The van der Waals surface area contributed by atoms with Crippen LogP contribution in [0, 0.1) is 0 Å². The highest BCUT2D eigenvalue weighted by Crippen LogP contribution is 2.19. The van der Waals surface area contributed by atoms with E-state index in [9.17, 15) is 18.0 Å². The first kappa shape index (κ1) is 23.8. The molecule has 1 aromatic rings. The average molecular weight is 417 g/mol. The molecule has 1 rings (SSSR count). The van der Waals surface area contributed by atoms with Crippen molar-refractivity contribution in [2.24, 2.45) is 0 Å². The highest BCUT2D eigenvalue weighted by molar-refractivity contribution is 7.85. The van der Waals surface area contributed by atoms with E-state index in [2.05, 4.69) is 14.2 Å². The van der Waals surface area contributed by atoms with Crippen LogP contribution in [0.5, 0.6) is 0 Å². The molecule has 2 amide bonds. The van der Waals surface area contributed by atoms with Gasteiger partial charge in [0, 0.05) is 6.42 Å². The number of amides is 2. The van der Waals surface area contributed by atoms with Crippen molar-refractivity contribution in [2.45, 2.75) is 59.2 Å². The molecule has 0 bridgehead atoms. The third kappa shape index (κ3) is 9.09. The number of carbonyl (C=O) groups is 2. The van der Waals surface area contributed by atoms with Crippen molar-refractivity contribution in [1.82, 2.24) is 9.97 Å². The van der Waals surface area contributed by atoms with Gasteiger partial charge in [-0.15, -0.1) is 0 Å². The lowest BCUT2D eigenvalue weighted by molar-refractivity contribution is 0.0428. The molecule has 0 aliphatic heterocycles. The standard InChI is InChI=1S/C17H27N3O7S/c1-16(2,3)26-14(21)20(15(22)27-17(4,5)6)13-11-18-12(10-19-13)8-9-25-28(7,23)24/h10-11H,8-9H2,1-7H3. The third-order valence-electron chi connectivity index (χ3n) is 2.73. The van der Waals surface area contributed by atoms with E-state index in [0.717, 1.165) is 6.26 Å². The van der Waals surface area contributed by atoms with Crippen LogP contribution in [0.4, 0.5) is 15.4 Å². The molecule has 10 nitrogen and oxygen atoms in total. The monoisotopic (exact) mass is 417 g/mol. The van der Waals surface area contributed by atoms with Crippen molar-refractivity contribution in [2.75, 3.05) is 17.8 Å². The van der Waals surface area contributed by atoms with Crippen molar-refractivity contribution in [3.63, 3.8) is 0 Å². The van der Waals surface area contributed by atoms with Crippen molar-refractivity contribution in [1.29, 1.82) is 0 Å². The van der Waals surface area contributed by atoms with E-state index in [1.54, 1.807) is 41.5 Å². The quantitative estimate of drug-likeness (QED) is 0.665. The maximum absolute atomic E-state index is 12.5. The number of hydrogen-bond donors (Lipinski definition) is 0. The molecule has 158 valence electrons. The molecular formula is C17H27N3O7S. The zero-order chi connectivity index (χ0) is 21.8. The second-order valence-corrected chi connectivity index (χ2v) is 9.58. The van der Waals surface area contributed by atoms with Crippen molar-refractivity contribution < 1.29 is 31.7 Å². The van der Waals surface area contributed by atoms with Crippen LogP contribution in [0.1, 0.15) is 47.2 Å². The number of anilines is 1. The van der Waals surface area contributed by atoms with Crippen LogP contribution in [0.3, 0.4) is 0 Å². The van der Waals surface area contributed by atoms with Crippen LogP contribution in [0.25, 0.3) is 0 Å². The summed E-state index contributed by atoms with van der Waals surface area (Å²) in [4.78, 5) is 33.8. The normalized spacial score (nSPS) is 12.4. The molecule has 0 spiro atoms. The molecule has 0 saturated heterocycles. The molecule has 1 heterocycles. The summed E-state index contributed by atoms with van der Waals surface area (Å²) in [7, 11) is -3.55. The zero-order valence-electron chi connectivity index (χ0n) is 17.2. The molecule has 0 radical (unpaired) electrons. The first-order valence-corrected chi connectivity index (χ1v) is 10.3. The second-order valence-electron chi connectivity index (χ2n) is 7.94. The SMILES string of the molecule is CC(C)(C)OC(=O)N(C(=O)OC(C)(C)C)c1cnc(CCOS(C)(=O)=O)cn1. The van der Waals surface area contributed by atoms with Gasteiger partial charge in [0.05, 0.1) is 31.0 Å². The summed E-state index contributed by atoms with van der Waals surface area (Å²) in [5.41, 5.74) is -1.26. The highest BCUT2D eigenvalue weighted by Gasteiger charge is 2.33. The van der Waals surface area contributed by atoms with E-state index in [4.69, 9.17) is 9.47 Å². The number of hydrogen-bond acceptors (Lipinski definition) is 9. The van der Waals surface area contributed by atoms with Gasteiger partial charge in [0.1, 0.15) is 11.2 Å². The van der Waals surface area contributed by atoms with Gasteiger partial charge in [-0.2, -0.15) is 13.3 Å². The minimum atomic E-state index is -3.55. The zero-order valence-corrected chi connectivity index (χ0v) is 18.0. The Morgan fingerprint density at radius 3 is 1.82 bits per heavy atom. The molecule has 0 aliphatic rings. The molecule has 11 heteroatoms. The van der Waals surface area contributed by atoms with Gasteiger partial charge < -0.3 is 9.47 Å². The predicted octanol–water partition coefficient (Wildman–Crippen LogP) is 2.67. The second kappa shape index (κ2) is 8.82. The van der Waals surface area contributed by atoms with Gasteiger partial charge in [-0.05, 0) is 41.5 Å². The Morgan fingerprint density at radius 2 is 1.46 bits per heavy atom. The number of rotatable bonds is 5. The Bertz CT molecular complexity index is 766. The smallest absolute Gasteiger partial charge is 0.425 e. The van der Waals surface area contributed by atoms with Gasteiger partial charge in [0.15, 0.2) is 5.82 Å². The van der Waals surface area contributed by atoms with Crippen LogP contribution < -0.4 is 4.90 Å². The number of imide groups is 1. The first-order chi connectivity index (χ1) is 12.6. The van der Waals surface area contributed by atoms with E-state index in [-0.39, 0.29) is 18.8 Å². The average Bonchev–Trinajstić information content (AvgIpc) is 2.44. The van der Waals surface area contributed by atoms with Crippen LogP contribution in [0.2, 0.25) is 0 Å². The Balaban J connectivity index is 3.03. The molecule has 1 aromatic heterocycles. The van der Waals surface area contributed by atoms with Crippen molar-refractivity contribution in [3.05, 3.63) is 18.1 Å². The van der Waals surface area contributed by atoms with Gasteiger partial charge in [-0.25, -0.2) is 14.6 Å². The van der Waals surface area contributed by atoms with E-state index < -0.39 is 33.5 Å². The van der Waals surface area contributed by atoms with E-state index >= 15 is 0 Å². The van der Waals surface area contributed by atoms with Gasteiger partial charge in [0.25, 0.3) is 10.1 Å². The summed E-state index contributed by atoms with van der Waals surface area (Å²) in [6.07, 6.45) is 1.72. The Kier molecular flexibility index (Phi) is 7.49. The minimum absolute atomic E-state index is 0.0868. The number of carbonyl (C=O) groups excluding carboxylic acids is 2. The fourth-order valence-corrected chi connectivity index (χ4v) is 2.15. The Hall–Kier alpha value is -2.27. The molecule has 0 saturated carbocycles. The highest BCUT2D eigenvalue weighted by atomic mass is 32.2. The van der Waals surface area contributed by atoms with Gasteiger partial charge >= 0.3 is 12.2 Å². The summed E-state index contributed by atoms with van der Waals surface area (Å²) in [6.45, 7) is 9.87. The third-order valence-corrected chi connectivity index (χ3v) is 3.32. The Morgan fingerprint density at radius 1 is 0.964 bits per heavy atom. The summed E-state index contributed by atoms with van der Waals surface area (Å²) < 4.78 is 37.1. The van der Waals surface area contributed by atoms with Gasteiger partial charge in [0.2, 0.25) is 0 Å². The van der Waals surface area contributed by atoms with Gasteiger partial charge in [-0.3, -0.25) is 9.17 Å². The molecule has 0 unspecified atom stereocenters. The van der Waals surface area contributed by atoms with Crippen LogP contribution in [-0.4, -0.2) is 54.6 Å². The molecule has 0 N–H and O–H groups in total. The summed E-state index contributed by atoms with van der Waals surface area (Å²) in [5, 5.41) is 0. The lowest BCUT2D eigenvalue weighted by Crippen LogP contribution is -2.44. The summed E-state index contributed by atoms with van der Waals surface area (Å²) in [6, 6.07) is 0. The fourth-order valence-electron chi connectivity index (χ4n) is 1.77. The maximum atomic E-state index is 12.5. The first-order valence-electron chi connectivity index (χ1n) is 8.49. The number of aromatic nitrogens is 2.